The molecule has 0 atom stereocenters. The lowest BCUT2D eigenvalue weighted by molar-refractivity contribution is -0.274. The number of halogens is 4. The van der Waals surface area contributed by atoms with E-state index in [9.17, 15) is 18.0 Å². The van der Waals surface area contributed by atoms with Gasteiger partial charge in [-0.15, -0.1) is 25.6 Å². The summed E-state index contributed by atoms with van der Waals surface area (Å²) in [6.45, 7) is 0. The van der Waals surface area contributed by atoms with Gasteiger partial charge in [0.15, 0.2) is 0 Å². The highest BCUT2D eigenvalue weighted by Crippen LogP contribution is 2.29. The summed E-state index contributed by atoms with van der Waals surface area (Å²) in [5.74, 6) is -0.749. The molecule has 2 rings (SSSR count). The second kappa shape index (κ2) is 7.19. The Morgan fingerprint density at radius 3 is 2.45 bits per heavy atom. The highest BCUT2D eigenvalue weighted by molar-refractivity contribution is 5.98. The number of alkyl halides is 3. The Balaban J connectivity index is 0.00000242. The highest BCUT2D eigenvalue weighted by atomic mass is 35.5. The number of rotatable bonds is 3. The van der Waals surface area contributed by atoms with E-state index in [4.69, 9.17) is 5.73 Å². The minimum absolute atomic E-state index is 0. The van der Waals surface area contributed by atoms with E-state index in [1.807, 2.05) is 0 Å². The van der Waals surface area contributed by atoms with E-state index in [0.717, 1.165) is 25.3 Å². The van der Waals surface area contributed by atoms with Crippen molar-refractivity contribution in [1.29, 1.82) is 0 Å². The SMILES string of the molecule is Cl.NC1(C(=O)Nc2cccc(OC(F)(F)F)c2)CCCCC1. The van der Waals surface area contributed by atoms with Crippen LogP contribution in [0.3, 0.4) is 0 Å². The maximum absolute atomic E-state index is 12.2. The third-order valence-corrected chi connectivity index (χ3v) is 3.52. The van der Waals surface area contributed by atoms with Gasteiger partial charge in [0.2, 0.25) is 5.91 Å². The van der Waals surface area contributed by atoms with Crippen molar-refractivity contribution in [2.75, 3.05) is 5.32 Å². The van der Waals surface area contributed by atoms with Crippen molar-refractivity contribution < 1.29 is 22.7 Å². The molecule has 0 saturated heterocycles. The lowest BCUT2D eigenvalue weighted by Gasteiger charge is -2.31. The first-order valence-corrected chi connectivity index (χ1v) is 6.75. The molecule has 1 aromatic carbocycles. The molecule has 4 nitrogen and oxygen atoms in total. The van der Waals surface area contributed by atoms with Crippen LogP contribution >= 0.6 is 12.4 Å². The molecule has 0 radical (unpaired) electrons. The van der Waals surface area contributed by atoms with E-state index in [-0.39, 0.29) is 29.8 Å². The van der Waals surface area contributed by atoms with Crippen LogP contribution in [0.2, 0.25) is 0 Å². The molecule has 1 fully saturated rings. The fraction of sp³-hybridized carbons (Fsp3) is 0.500. The third kappa shape index (κ3) is 5.06. The van der Waals surface area contributed by atoms with Crippen molar-refractivity contribution >= 4 is 24.0 Å². The summed E-state index contributed by atoms with van der Waals surface area (Å²) in [4.78, 5) is 12.2. The van der Waals surface area contributed by atoms with Crippen LogP contribution in [0.15, 0.2) is 24.3 Å². The Hall–Kier alpha value is -1.47. The summed E-state index contributed by atoms with van der Waals surface area (Å²) >= 11 is 0. The number of nitrogens with two attached hydrogens (primary N) is 1. The molecule has 0 aliphatic heterocycles. The second-order valence-corrected chi connectivity index (χ2v) is 5.25. The molecule has 1 amide bonds. The summed E-state index contributed by atoms with van der Waals surface area (Å²) < 4.78 is 40.3. The van der Waals surface area contributed by atoms with E-state index < -0.39 is 11.9 Å². The van der Waals surface area contributed by atoms with Gasteiger partial charge in [0, 0.05) is 11.8 Å². The number of ether oxygens (including phenoxy) is 1. The van der Waals surface area contributed by atoms with Crippen molar-refractivity contribution in [3.8, 4) is 5.75 Å². The number of carbonyl (C=O) groups is 1. The van der Waals surface area contributed by atoms with Crippen LogP contribution in [0.5, 0.6) is 5.75 Å². The van der Waals surface area contributed by atoms with Crippen molar-refractivity contribution in [2.45, 2.75) is 44.0 Å². The predicted octanol–water partition coefficient (Wildman–Crippen LogP) is 3.61. The molecular formula is C14H18ClF3N2O2. The summed E-state index contributed by atoms with van der Waals surface area (Å²) in [6.07, 6.45) is -0.806. The zero-order chi connectivity index (χ0) is 15.5. The predicted molar refractivity (Wildman–Crippen MR) is 79.0 cm³/mol. The van der Waals surface area contributed by atoms with E-state index in [1.54, 1.807) is 0 Å². The van der Waals surface area contributed by atoms with Gasteiger partial charge in [0.1, 0.15) is 5.75 Å². The highest BCUT2D eigenvalue weighted by Gasteiger charge is 2.35. The van der Waals surface area contributed by atoms with Gasteiger partial charge in [-0.1, -0.05) is 25.3 Å². The first-order chi connectivity index (χ1) is 9.78. The number of hydrogen-bond acceptors (Lipinski definition) is 3. The first kappa shape index (κ1) is 18.6. The van der Waals surface area contributed by atoms with Crippen LogP contribution in [0.1, 0.15) is 32.1 Å². The van der Waals surface area contributed by atoms with E-state index in [1.165, 1.54) is 18.2 Å². The Morgan fingerprint density at radius 2 is 1.86 bits per heavy atom. The van der Waals surface area contributed by atoms with Crippen molar-refractivity contribution in [2.24, 2.45) is 5.73 Å². The normalized spacial score (nSPS) is 17.3. The summed E-state index contributed by atoms with van der Waals surface area (Å²) in [5, 5.41) is 2.57. The molecule has 0 spiro atoms. The number of amides is 1. The molecule has 1 aliphatic carbocycles. The summed E-state index contributed by atoms with van der Waals surface area (Å²) in [5.41, 5.74) is 5.36. The van der Waals surface area contributed by atoms with Crippen LogP contribution in [0, 0.1) is 0 Å². The smallest absolute Gasteiger partial charge is 0.406 e. The number of benzene rings is 1. The Kier molecular flexibility index (Phi) is 6.08. The van der Waals surface area contributed by atoms with Gasteiger partial charge in [-0.05, 0) is 25.0 Å². The Morgan fingerprint density at radius 1 is 1.23 bits per heavy atom. The zero-order valence-electron chi connectivity index (χ0n) is 11.8. The van der Waals surface area contributed by atoms with Crippen LogP contribution < -0.4 is 15.8 Å². The number of carbonyl (C=O) groups excluding carboxylic acids is 1. The third-order valence-electron chi connectivity index (χ3n) is 3.52. The summed E-state index contributed by atoms with van der Waals surface area (Å²) in [6, 6.07) is 5.16. The monoisotopic (exact) mass is 338 g/mol. The zero-order valence-corrected chi connectivity index (χ0v) is 12.6. The average Bonchev–Trinajstić information content (AvgIpc) is 2.38. The van der Waals surface area contributed by atoms with Crippen molar-refractivity contribution in [3.05, 3.63) is 24.3 Å². The van der Waals surface area contributed by atoms with Gasteiger partial charge in [0.05, 0.1) is 5.54 Å². The van der Waals surface area contributed by atoms with Crippen molar-refractivity contribution in [1.82, 2.24) is 0 Å². The van der Waals surface area contributed by atoms with E-state index in [2.05, 4.69) is 10.1 Å². The second-order valence-electron chi connectivity index (χ2n) is 5.25. The molecule has 1 aromatic rings. The number of anilines is 1. The molecule has 124 valence electrons. The standard InChI is InChI=1S/C14H17F3N2O2.ClH/c15-14(16,17)21-11-6-4-5-10(9-11)19-12(20)13(18)7-2-1-3-8-13;/h4-6,9H,1-3,7-8,18H2,(H,19,20);1H. The van der Waals surface area contributed by atoms with Gasteiger partial charge in [0.25, 0.3) is 0 Å². The van der Waals surface area contributed by atoms with Gasteiger partial charge in [-0.3, -0.25) is 4.79 Å². The number of hydrogen-bond donors (Lipinski definition) is 2. The van der Waals surface area contributed by atoms with Crippen LogP contribution in [0.4, 0.5) is 18.9 Å². The Labute approximate surface area is 132 Å². The molecule has 1 saturated carbocycles. The average molecular weight is 339 g/mol. The van der Waals surface area contributed by atoms with Crippen molar-refractivity contribution in [3.63, 3.8) is 0 Å². The van der Waals surface area contributed by atoms with Gasteiger partial charge < -0.3 is 15.8 Å². The lowest BCUT2D eigenvalue weighted by atomic mass is 9.82. The molecular weight excluding hydrogens is 321 g/mol. The molecule has 3 N–H and O–H groups in total. The van der Waals surface area contributed by atoms with Crippen LogP contribution in [-0.2, 0) is 4.79 Å². The van der Waals surface area contributed by atoms with Gasteiger partial charge >= 0.3 is 6.36 Å². The molecule has 0 unspecified atom stereocenters. The van der Waals surface area contributed by atoms with Gasteiger partial charge in [-0.2, -0.15) is 0 Å². The van der Waals surface area contributed by atoms with Gasteiger partial charge in [-0.25, -0.2) is 0 Å². The van der Waals surface area contributed by atoms with Crippen LogP contribution in [0.25, 0.3) is 0 Å². The quantitative estimate of drug-likeness (QED) is 0.885. The molecule has 0 bridgehead atoms. The molecule has 22 heavy (non-hydrogen) atoms. The minimum atomic E-state index is -4.76. The maximum Gasteiger partial charge on any atom is 0.573 e. The molecule has 0 aromatic heterocycles. The fourth-order valence-electron chi connectivity index (χ4n) is 2.44. The maximum atomic E-state index is 12.2. The lowest BCUT2D eigenvalue weighted by Crippen LogP contribution is -2.52. The topological polar surface area (TPSA) is 64.4 Å². The Bertz CT molecular complexity index is 517. The largest absolute Gasteiger partial charge is 0.573 e. The van der Waals surface area contributed by atoms with E-state index >= 15 is 0 Å². The molecule has 8 heteroatoms. The molecule has 1 aliphatic rings. The van der Waals surface area contributed by atoms with E-state index in [0.29, 0.717) is 12.8 Å². The summed E-state index contributed by atoms with van der Waals surface area (Å²) in [7, 11) is 0. The van der Waals surface area contributed by atoms with Crippen LogP contribution in [-0.4, -0.2) is 17.8 Å². The molecule has 0 heterocycles. The first-order valence-electron chi connectivity index (χ1n) is 6.75. The minimum Gasteiger partial charge on any atom is -0.406 e. The number of nitrogens with one attached hydrogen (secondary N) is 1. The fourth-order valence-corrected chi connectivity index (χ4v) is 2.44.